The summed E-state index contributed by atoms with van der Waals surface area (Å²) < 4.78 is 36.8. The zero-order valence-corrected chi connectivity index (χ0v) is 21.0. The van der Waals surface area contributed by atoms with E-state index in [1.54, 1.807) is 12.1 Å². The maximum Gasteiger partial charge on any atom is 0.320 e. The van der Waals surface area contributed by atoms with Gasteiger partial charge in [0.05, 0.1) is 5.39 Å². The van der Waals surface area contributed by atoms with Gasteiger partial charge in [-0.2, -0.15) is 9.97 Å². The van der Waals surface area contributed by atoms with Crippen LogP contribution in [0.2, 0.25) is 0 Å². The lowest BCUT2D eigenvalue weighted by Gasteiger charge is -2.54. The molecule has 0 spiro atoms. The molecule has 2 bridgehead atoms. The van der Waals surface area contributed by atoms with Crippen molar-refractivity contribution in [3.63, 3.8) is 0 Å². The third kappa shape index (κ3) is 3.82. The number of aromatic nitrogens is 3. The van der Waals surface area contributed by atoms with Gasteiger partial charge in [0.2, 0.25) is 0 Å². The second kappa shape index (κ2) is 8.99. The van der Waals surface area contributed by atoms with E-state index in [4.69, 9.17) is 9.72 Å². The van der Waals surface area contributed by atoms with Crippen LogP contribution in [0.1, 0.15) is 19.3 Å². The Bertz CT molecular complexity index is 1550. The van der Waals surface area contributed by atoms with Crippen molar-refractivity contribution in [1.82, 2.24) is 25.2 Å². The van der Waals surface area contributed by atoms with Crippen LogP contribution in [0.15, 0.2) is 36.4 Å². The topological polar surface area (TPSA) is 86.6 Å². The average Bonchev–Trinajstić information content (AvgIpc) is 3.32. The summed E-state index contributed by atoms with van der Waals surface area (Å²) in [6.07, 6.45) is 3.21. The van der Waals surface area contributed by atoms with E-state index < -0.39 is 11.6 Å². The molecule has 3 aliphatic rings. The number of likely N-dealkylation sites (tertiary alicyclic amines) is 1. The van der Waals surface area contributed by atoms with Gasteiger partial charge in [-0.3, -0.25) is 0 Å². The largest absolute Gasteiger partial charge is 0.508 e. The van der Waals surface area contributed by atoms with Crippen LogP contribution in [-0.2, 0) is 0 Å². The Kier molecular flexibility index (Phi) is 5.55. The molecule has 0 radical (unpaired) electrons. The molecule has 3 saturated heterocycles. The number of piperazine rings is 1. The van der Waals surface area contributed by atoms with Gasteiger partial charge in [0.15, 0.2) is 5.65 Å². The van der Waals surface area contributed by atoms with Crippen LogP contribution in [0.4, 0.5) is 14.6 Å². The summed E-state index contributed by atoms with van der Waals surface area (Å²) in [6.45, 7) is 3.13. The zero-order chi connectivity index (χ0) is 26.0. The summed E-state index contributed by atoms with van der Waals surface area (Å²) in [5, 5.41) is 14.9. The fraction of sp³-hybridized carbons (Fsp3) is 0.393. The number of aromatic hydroxyl groups is 1. The highest BCUT2D eigenvalue weighted by Gasteiger charge is 2.43. The van der Waals surface area contributed by atoms with Crippen LogP contribution in [0.5, 0.6) is 11.8 Å². The molecular formula is C28H28F2N6O2. The Morgan fingerprint density at radius 2 is 1.92 bits per heavy atom. The number of halogens is 2. The lowest BCUT2D eigenvalue weighted by molar-refractivity contribution is 0.187. The molecule has 0 aliphatic carbocycles. The van der Waals surface area contributed by atoms with Crippen molar-refractivity contribution in [2.24, 2.45) is 0 Å². The van der Waals surface area contributed by atoms with Gasteiger partial charge in [-0.1, -0.05) is 12.1 Å². The van der Waals surface area contributed by atoms with Gasteiger partial charge in [0, 0.05) is 42.2 Å². The smallest absolute Gasteiger partial charge is 0.320 e. The lowest BCUT2D eigenvalue weighted by atomic mass is 9.88. The summed E-state index contributed by atoms with van der Waals surface area (Å²) in [7, 11) is 2.08. The number of nitrogens with one attached hydrogen (secondary N) is 1. The number of hydrogen-bond acceptors (Lipinski definition) is 8. The monoisotopic (exact) mass is 518 g/mol. The highest BCUT2D eigenvalue weighted by atomic mass is 19.1. The number of rotatable bonds is 5. The number of anilines is 1. The molecule has 38 heavy (non-hydrogen) atoms. The number of hydrogen-bond donors (Lipinski definition) is 2. The van der Waals surface area contributed by atoms with Gasteiger partial charge in [0.1, 0.15) is 35.5 Å². The fourth-order valence-electron chi connectivity index (χ4n) is 6.19. The van der Waals surface area contributed by atoms with E-state index in [2.05, 4.69) is 32.1 Å². The van der Waals surface area contributed by atoms with Crippen LogP contribution in [-0.4, -0.2) is 76.4 Å². The number of benzene rings is 2. The van der Waals surface area contributed by atoms with E-state index >= 15 is 4.39 Å². The predicted molar refractivity (Wildman–Crippen MR) is 141 cm³/mol. The minimum absolute atomic E-state index is 0.0832. The number of piperidine rings is 1. The standard InChI is InChI=1S/C28H28F2N6O2/c1-35-7-3-5-16(35)14-38-28-33-26-21(27(34-28)36-17-9-18(36)13-31-12-17)11-23(30)25(32-26)20-10-19(37)8-15-4-2-6-22(29)24(15)20/h2,4,6,8,10-11,16-18,31,37H,3,5,7,9,12-14H2,1H3/t16-,17?,18?/m0/s1. The van der Waals surface area contributed by atoms with E-state index in [0.29, 0.717) is 23.2 Å². The molecule has 5 heterocycles. The molecule has 196 valence electrons. The second-order valence-electron chi connectivity index (χ2n) is 10.5. The third-order valence-corrected chi connectivity index (χ3v) is 8.18. The number of phenols is 1. The molecule has 3 fully saturated rings. The van der Waals surface area contributed by atoms with Crippen LogP contribution < -0.4 is 15.0 Å². The molecule has 7 rings (SSSR count). The van der Waals surface area contributed by atoms with Crippen molar-refractivity contribution in [2.75, 3.05) is 38.2 Å². The van der Waals surface area contributed by atoms with Crippen molar-refractivity contribution in [3.05, 3.63) is 48.0 Å². The maximum atomic E-state index is 15.8. The SMILES string of the molecule is CN1CCC[C@H]1COc1nc(N2C3CNCC2C3)c2cc(F)c(-c3cc(O)cc4cccc(F)c34)nc2n1. The Morgan fingerprint density at radius 3 is 2.68 bits per heavy atom. The minimum Gasteiger partial charge on any atom is -0.508 e. The lowest BCUT2D eigenvalue weighted by Crippen LogP contribution is -2.68. The van der Waals surface area contributed by atoms with Crippen LogP contribution >= 0.6 is 0 Å². The molecule has 0 amide bonds. The molecule has 8 nitrogen and oxygen atoms in total. The normalized spacial score (nSPS) is 23.2. The molecule has 3 aliphatic heterocycles. The Labute approximate surface area is 218 Å². The number of pyridine rings is 1. The van der Waals surface area contributed by atoms with E-state index in [9.17, 15) is 9.50 Å². The molecule has 2 aromatic heterocycles. The Balaban J connectivity index is 1.38. The van der Waals surface area contributed by atoms with Crippen molar-refractivity contribution in [3.8, 4) is 23.0 Å². The van der Waals surface area contributed by atoms with Crippen molar-refractivity contribution in [1.29, 1.82) is 0 Å². The highest BCUT2D eigenvalue weighted by Crippen LogP contribution is 2.40. The molecular weight excluding hydrogens is 490 g/mol. The van der Waals surface area contributed by atoms with Crippen LogP contribution in [0, 0.1) is 11.6 Å². The number of likely N-dealkylation sites (N-methyl/N-ethyl adjacent to an activating group) is 1. The maximum absolute atomic E-state index is 15.8. The Hall–Kier alpha value is -3.63. The zero-order valence-electron chi connectivity index (χ0n) is 21.0. The quantitative estimate of drug-likeness (QED) is 0.412. The summed E-state index contributed by atoms with van der Waals surface area (Å²) in [5.74, 6) is -0.652. The van der Waals surface area contributed by atoms with Crippen molar-refractivity contribution in [2.45, 2.75) is 37.4 Å². The van der Waals surface area contributed by atoms with E-state index in [-0.39, 0.29) is 52.2 Å². The fourth-order valence-corrected chi connectivity index (χ4v) is 6.19. The van der Waals surface area contributed by atoms with Crippen LogP contribution in [0.25, 0.3) is 33.1 Å². The molecule has 2 N–H and O–H groups in total. The second-order valence-corrected chi connectivity index (χ2v) is 10.5. The molecule has 4 aromatic rings. The van der Waals surface area contributed by atoms with Gasteiger partial charge in [-0.05, 0) is 62.5 Å². The number of fused-ring (bicyclic) bond motifs is 4. The summed E-state index contributed by atoms with van der Waals surface area (Å²) >= 11 is 0. The first-order chi connectivity index (χ1) is 18.5. The predicted octanol–water partition coefficient (Wildman–Crippen LogP) is 3.85. The van der Waals surface area contributed by atoms with Crippen molar-refractivity contribution >= 4 is 27.6 Å². The first-order valence-corrected chi connectivity index (χ1v) is 13.1. The average molecular weight is 519 g/mol. The summed E-state index contributed by atoms with van der Waals surface area (Å²) in [4.78, 5) is 18.4. The molecule has 0 saturated carbocycles. The summed E-state index contributed by atoms with van der Waals surface area (Å²) in [6, 6.07) is 9.68. The van der Waals surface area contributed by atoms with Gasteiger partial charge in [-0.25, -0.2) is 13.8 Å². The Morgan fingerprint density at radius 1 is 1.08 bits per heavy atom. The number of phenolic OH excluding ortho intramolecular Hbond substituents is 1. The number of ether oxygens (including phenoxy) is 1. The van der Waals surface area contributed by atoms with Gasteiger partial charge in [-0.15, -0.1) is 0 Å². The molecule has 3 atom stereocenters. The highest BCUT2D eigenvalue weighted by molar-refractivity contribution is 5.99. The van der Waals surface area contributed by atoms with Crippen LogP contribution in [0.3, 0.4) is 0 Å². The third-order valence-electron chi connectivity index (χ3n) is 8.18. The van der Waals surface area contributed by atoms with Gasteiger partial charge >= 0.3 is 6.01 Å². The molecule has 2 unspecified atom stereocenters. The number of nitrogens with zero attached hydrogens (tertiary/aromatic N) is 5. The molecule has 2 aromatic carbocycles. The first kappa shape index (κ1) is 23.5. The van der Waals surface area contributed by atoms with E-state index in [1.165, 1.54) is 24.3 Å². The summed E-state index contributed by atoms with van der Waals surface area (Å²) in [5.41, 5.74) is 0.352. The minimum atomic E-state index is -0.637. The van der Waals surface area contributed by atoms with E-state index in [0.717, 1.165) is 38.9 Å². The van der Waals surface area contributed by atoms with Crippen molar-refractivity contribution < 1.29 is 18.6 Å². The molecule has 10 heteroatoms. The first-order valence-electron chi connectivity index (χ1n) is 13.1. The van der Waals surface area contributed by atoms with Gasteiger partial charge < -0.3 is 25.0 Å². The van der Waals surface area contributed by atoms with Gasteiger partial charge in [0.25, 0.3) is 0 Å². The van der Waals surface area contributed by atoms with E-state index in [1.807, 2.05) is 0 Å².